The van der Waals surface area contributed by atoms with Crippen LogP contribution in [0.25, 0.3) is 0 Å². The summed E-state index contributed by atoms with van der Waals surface area (Å²) in [6.45, 7) is 4.01. The number of nitrogens with two attached hydrogens (primary N) is 1. The normalized spacial score (nSPS) is 13.9. The molecule has 0 radical (unpaired) electrons. The molecule has 0 spiro atoms. The van der Waals surface area contributed by atoms with Gasteiger partial charge < -0.3 is 10.2 Å². The van der Waals surface area contributed by atoms with E-state index < -0.39 is 0 Å². The third-order valence-corrected chi connectivity index (χ3v) is 1.74. The molecule has 0 aromatic carbocycles. The second kappa shape index (κ2) is 3.32. The first-order valence-electron chi connectivity index (χ1n) is 3.35. The van der Waals surface area contributed by atoms with E-state index in [-0.39, 0.29) is 6.04 Å². The molecular weight excluding hydrogens is 210 g/mol. The van der Waals surface area contributed by atoms with Crippen LogP contribution in [0.15, 0.2) is 9.22 Å². The zero-order chi connectivity index (χ0) is 8.43. The van der Waals surface area contributed by atoms with Crippen molar-refractivity contribution in [3.05, 3.63) is 10.7 Å². The summed E-state index contributed by atoms with van der Waals surface area (Å²) in [5.41, 5.74) is 5.73. The molecule has 1 aromatic heterocycles. The summed E-state index contributed by atoms with van der Waals surface area (Å²) in [6.07, 6.45) is 0. The van der Waals surface area contributed by atoms with E-state index in [0.717, 1.165) is 0 Å². The monoisotopic (exact) mass is 219 g/mol. The van der Waals surface area contributed by atoms with Gasteiger partial charge in [0, 0.05) is 15.9 Å². The summed E-state index contributed by atoms with van der Waals surface area (Å²) in [5, 5.41) is 7.39. The number of rotatable bonds is 2. The Morgan fingerprint density at radius 3 is 2.45 bits per heavy atom. The van der Waals surface area contributed by atoms with Gasteiger partial charge >= 0.3 is 0 Å². The second-order valence-electron chi connectivity index (χ2n) is 2.66. The summed E-state index contributed by atoms with van der Waals surface area (Å²) >= 11 is 3.05. The predicted molar refractivity (Wildman–Crippen MR) is 43.8 cm³/mol. The second-order valence-corrected chi connectivity index (χ2v) is 3.34. The van der Waals surface area contributed by atoms with Gasteiger partial charge in [-0.05, 0) is 5.92 Å². The minimum absolute atomic E-state index is 0.172. The van der Waals surface area contributed by atoms with Gasteiger partial charge in [-0.3, -0.25) is 0 Å². The van der Waals surface area contributed by atoms with Crippen LogP contribution in [0.3, 0.4) is 0 Å². The van der Waals surface area contributed by atoms with Crippen LogP contribution in [0.4, 0.5) is 0 Å². The van der Waals surface area contributed by atoms with Crippen molar-refractivity contribution in [3.63, 3.8) is 0 Å². The molecule has 1 atom stereocenters. The molecule has 0 saturated heterocycles. The molecule has 0 aliphatic carbocycles. The number of aromatic nitrogens is 2. The Kier molecular flexibility index (Phi) is 2.62. The van der Waals surface area contributed by atoms with Crippen molar-refractivity contribution >= 4 is 15.9 Å². The van der Waals surface area contributed by atoms with E-state index in [0.29, 0.717) is 16.6 Å². The van der Waals surface area contributed by atoms with Crippen LogP contribution in [-0.2, 0) is 0 Å². The smallest absolute Gasteiger partial charge is 0.284 e. The number of hydrogen-bond acceptors (Lipinski definition) is 4. The molecule has 0 unspecified atom stereocenters. The maximum atomic E-state index is 5.73. The lowest BCUT2D eigenvalue weighted by Crippen LogP contribution is -2.16. The van der Waals surface area contributed by atoms with Crippen LogP contribution in [0.5, 0.6) is 0 Å². The lowest BCUT2D eigenvalue weighted by Gasteiger charge is -2.09. The molecule has 0 amide bonds. The van der Waals surface area contributed by atoms with Crippen molar-refractivity contribution in [3.8, 4) is 0 Å². The highest BCUT2D eigenvalue weighted by Gasteiger charge is 2.16. The zero-order valence-electron chi connectivity index (χ0n) is 6.41. The zero-order valence-corrected chi connectivity index (χ0v) is 8.00. The van der Waals surface area contributed by atoms with Crippen LogP contribution >= 0.6 is 15.9 Å². The van der Waals surface area contributed by atoms with Gasteiger partial charge in [0.25, 0.3) is 4.80 Å². The van der Waals surface area contributed by atoms with Crippen molar-refractivity contribution in [2.24, 2.45) is 11.7 Å². The van der Waals surface area contributed by atoms with Crippen LogP contribution in [0, 0.1) is 5.92 Å². The third-order valence-electron chi connectivity index (χ3n) is 1.42. The van der Waals surface area contributed by atoms with Gasteiger partial charge in [-0.1, -0.05) is 13.8 Å². The molecular formula is C6H10BrN3O. The average molecular weight is 220 g/mol. The van der Waals surface area contributed by atoms with Gasteiger partial charge in [0.05, 0.1) is 6.04 Å². The Morgan fingerprint density at radius 1 is 1.45 bits per heavy atom. The fraction of sp³-hybridized carbons (Fsp3) is 0.667. The summed E-state index contributed by atoms with van der Waals surface area (Å²) in [5.74, 6) is 0.786. The van der Waals surface area contributed by atoms with E-state index in [1.54, 1.807) is 0 Å². The molecule has 62 valence electrons. The Labute approximate surface area is 73.3 Å². The lowest BCUT2D eigenvalue weighted by atomic mass is 10.1. The molecule has 0 aliphatic rings. The third kappa shape index (κ3) is 2.00. The summed E-state index contributed by atoms with van der Waals surface area (Å²) in [7, 11) is 0. The molecule has 1 aromatic rings. The molecule has 1 rings (SSSR count). The summed E-state index contributed by atoms with van der Waals surface area (Å²) in [4.78, 5) is 0.378. The van der Waals surface area contributed by atoms with Crippen molar-refractivity contribution in [1.29, 1.82) is 0 Å². The topological polar surface area (TPSA) is 64.9 Å². The van der Waals surface area contributed by atoms with Crippen molar-refractivity contribution in [2.45, 2.75) is 19.9 Å². The molecule has 0 saturated carbocycles. The molecule has 2 N–H and O–H groups in total. The maximum Gasteiger partial charge on any atom is 0.284 e. The van der Waals surface area contributed by atoms with E-state index >= 15 is 0 Å². The van der Waals surface area contributed by atoms with E-state index in [1.807, 2.05) is 13.8 Å². The van der Waals surface area contributed by atoms with Gasteiger partial charge in [-0.25, -0.2) is 0 Å². The Bertz CT molecular complexity index is 235. The van der Waals surface area contributed by atoms with Crippen LogP contribution in [-0.4, -0.2) is 10.2 Å². The van der Waals surface area contributed by atoms with E-state index in [4.69, 9.17) is 10.2 Å². The van der Waals surface area contributed by atoms with Crippen LogP contribution in [0.1, 0.15) is 25.8 Å². The highest BCUT2D eigenvalue weighted by atomic mass is 79.9. The molecule has 1 heterocycles. The summed E-state index contributed by atoms with van der Waals surface area (Å²) < 4.78 is 5.08. The molecule has 5 heteroatoms. The van der Waals surface area contributed by atoms with Crippen molar-refractivity contribution in [2.75, 3.05) is 0 Å². The fourth-order valence-corrected chi connectivity index (χ4v) is 0.881. The van der Waals surface area contributed by atoms with Gasteiger partial charge in [0.15, 0.2) is 0 Å². The van der Waals surface area contributed by atoms with E-state index in [2.05, 4.69) is 26.1 Å². The Balaban J connectivity index is 2.76. The molecule has 4 nitrogen and oxygen atoms in total. The van der Waals surface area contributed by atoms with Crippen LogP contribution < -0.4 is 5.73 Å². The first-order chi connectivity index (χ1) is 5.11. The SMILES string of the molecule is CC(C)[C@H](N)c1nnc(Br)o1. The minimum atomic E-state index is -0.172. The van der Waals surface area contributed by atoms with Crippen molar-refractivity contribution in [1.82, 2.24) is 10.2 Å². The number of hydrogen-bond donors (Lipinski definition) is 1. The molecule has 0 aliphatic heterocycles. The number of nitrogens with zero attached hydrogens (tertiary/aromatic N) is 2. The fourth-order valence-electron chi connectivity index (χ4n) is 0.636. The van der Waals surface area contributed by atoms with Gasteiger partial charge in [0.1, 0.15) is 0 Å². The van der Waals surface area contributed by atoms with Gasteiger partial charge in [-0.2, -0.15) is 0 Å². The lowest BCUT2D eigenvalue weighted by molar-refractivity contribution is 0.379. The predicted octanol–water partition coefficient (Wildman–Crippen LogP) is 1.49. The van der Waals surface area contributed by atoms with Gasteiger partial charge in [0.2, 0.25) is 5.89 Å². The quantitative estimate of drug-likeness (QED) is 0.819. The standard InChI is InChI=1S/C6H10BrN3O/c1-3(2)4(8)5-9-10-6(7)11-5/h3-4H,8H2,1-2H3/t4-/m0/s1. The Hall–Kier alpha value is -0.420. The average Bonchev–Trinajstić information content (AvgIpc) is 2.34. The highest BCUT2D eigenvalue weighted by molar-refractivity contribution is 9.10. The Morgan fingerprint density at radius 2 is 2.09 bits per heavy atom. The highest BCUT2D eigenvalue weighted by Crippen LogP contribution is 2.18. The van der Waals surface area contributed by atoms with E-state index in [1.165, 1.54) is 0 Å². The largest absolute Gasteiger partial charge is 0.414 e. The van der Waals surface area contributed by atoms with Gasteiger partial charge in [-0.15, -0.1) is 10.2 Å². The van der Waals surface area contributed by atoms with E-state index in [9.17, 15) is 0 Å². The first-order valence-corrected chi connectivity index (χ1v) is 4.15. The molecule has 0 bridgehead atoms. The molecule has 11 heavy (non-hydrogen) atoms. The van der Waals surface area contributed by atoms with Crippen molar-refractivity contribution < 1.29 is 4.42 Å². The summed E-state index contributed by atoms with van der Waals surface area (Å²) in [6, 6.07) is -0.172. The molecule has 0 fully saturated rings. The number of halogens is 1. The van der Waals surface area contributed by atoms with Crippen LogP contribution in [0.2, 0.25) is 0 Å². The minimum Gasteiger partial charge on any atom is -0.414 e. The maximum absolute atomic E-state index is 5.73. The first kappa shape index (κ1) is 8.67.